The number of likely N-dealkylation sites (tertiary alicyclic amines) is 1. The normalized spacial score (nSPS) is 24.0. The van der Waals surface area contributed by atoms with Crippen molar-refractivity contribution in [3.05, 3.63) is 34.3 Å². The van der Waals surface area contributed by atoms with Gasteiger partial charge in [-0.1, -0.05) is 24.6 Å². The van der Waals surface area contributed by atoms with Gasteiger partial charge in [0.2, 0.25) is 0 Å². The summed E-state index contributed by atoms with van der Waals surface area (Å²) in [6, 6.07) is 6.97. The van der Waals surface area contributed by atoms with E-state index in [1.165, 1.54) is 56.6 Å². The van der Waals surface area contributed by atoms with Crippen LogP contribution in [0, 0.1) is 5.92 Å². The molecule has 1 atom stereocenters. The Morgan fingerprint density at radius 1 is 1.20 bits per heavy atom. The number of fused-ring (bicyclic) bond motifs is 1. The largest absolute Gasteiger partial charge is 0.313 e. The number of benzene rings is 1. The Morgan fingerprint density at radius 2 is 1.95 bits per heavy atom. The first-order valence-electron chi connectivity index (χ1n) is 7.97. The quantitative estimate of drug-likeness (QED) is 0.917. The van der Waals surface area contributed by atoms with E-state index >= 15 is 0 Å². The average molecular weight is 293 g/mol. The molecule has 1 aromatic rings. The molecule has 3 heteroatoms. The van der Waals surface area contributed by atoms with E-state index in [0.29, 0.717) is 6.04 Å². The Balaban J connectivity index is 1.45. The standard InChI is InChI=1S/C17H25ClN2/c1-2-20-7-5-13(6-8-20)12-19-17-10-14-3-4-16(18)9-15(14)11-17/h3-4,9,13,17,19H,2,5-8,10-12H2,1H3. The second-order valence-corrected chi connectivity index (χ2v) is 6.74. The van der Waals surface area contributed by atoms with Crippen molar-refractivity contribution >= 4 is 11.6 Å². The van der Waals surface area contributed by atoms with Crippen LogP contribution in [-0.4, -0.2) is 37.1 Å². The van der Waals surface area contributed by atoms with E-state index in [-0.39, 0.29) is 0 Å². The number of nitrogens with one attached hydrogen (secondary N) is 1. The summed E-state index contributed by atoms with van der Waals surface area (Å²) < 4.78 is 0. The number of halogens is 1. The fourth-order valence-electron chi connectivity index (χ4n) is 3.57. The van der Waals surface area contributed by atoms with Crippen molar-refractivity contribution in [2.75, 3.05) is 26.2 Å². The first kappa shape index (κ1) is 14.4. The third-order valence-corrected chi connectivity index (χ3v) is 5.19. The lowest BCUT2D eigenvalue weighted by Gasteiger charge is -2.31. The van der Waals surface area contributed by atoms with Gasteiger partial charge in [-0.2, -0.15) is 0 Å². The number of piperidine rings is 1. The highest BCUT2D eigenvalue weighted by atomic mass is 35.5. The van der Waals surface area contributed by atoms with Gasteiger partial charge in [0, 0.05) is 11.1 Å². The van der Waals surface area contributed by atoms with Gasteiger partial charge < -0.3 is 10.2 Å². The van der Waals surface area contributed by atoms with Crippen LogP contribution in [-0.2, 0) is 12.8 Å². The van der Waals surface area contributed by atoms with E-state index < -0.39 is 0 Å². The molecule has 3 rings (SSSR count). The molecule has 1 aliphatic heterocycles. The lowest BCUT2D eigenvalue weighted by atomic mass is 9.96. The molecule has 110 valence electrons. The Hall–Kier alpha value is -0.570. The fourth-order valence-corrected chi connectivity index (χ4v) is 3.77. The van der Waals surface area contributed by atoms with E-state index in [4.69, 9.17) is 11.6 Å². The second-order valence-electron chi connectivity index (χ2n) is 6.30. The van der Waals surface area contributed by atoms with Crippen molar-refractivity contribution in [2.45, 2.75) is 38.6 Å². The van der Waals surface area contributed by atoms with Crippen LogP contribution < -0.4 is 5.32 Å². The van der Waals surface area contributed by atoms with Crippen LogP contribution in [0.3, 0.4) is 0 Å². The molecule has 20 heavy (non-hydrogen) atoms. The topological polar surface area (TPSA) is 15.3 Å². The minimum absolute atomic E-state index is 0.618. The summed E-state index contributed by atoms with van der Waals surface area (Å²) in [5, 5.41) is 4.66. The Morgan fingerprint density at radius 3 is 2.70 bits per heavy atom. The minimum Gasteiger partial charge on any atom is -0.313 e. The lowest BCUT2D eigenvalue weighted by Crippen LogP contribution is -2.40. The number of nitrogens with zero attached hydrogens (tertiary/aromatic N) is 1. The molecule has 1 aromatic carbocycles. The summed E-state index contributed by atoms with van der Waals surface area (Å²) in [7, 11) is 0. The molecule has 0 amide bonds. The van der Waals surface area contributed by atoms with Crippen molar-refractivity contribution in [3.63, 3.8) is 0 Å². The van der Waals surface area contributed by atoms with Gasteiger partial charge in [-0.3, -0.25) is 0 Å². The van der Waals surface area contributed by atoms with Gasteiger partial charge in [-0.05, 0) is 81.0 Å². The molecular weight excluding hydrogens is 268 g/mol. The molecule has 1 saturated heterocycles. The maximum Gasteiger partial charge on any atom is 0.0408 e. The van der Waals surface area contributed by atoms with E-state index in [1.807, 2.05) is 6.07 Å². The molecule has 1 unspecified atom stereocenters. The zero-order valence-electron chi connectivity index (χ0n) is 12.4. The van der Waals surface area contributed by atoms with Gasteiger partial charge in [0.05, 0.1) is 0 Å². The fraction of sp³-hybridized carbons (Fsp3) is 0.647. The molecule has 0 spiro atoms. The van der Waals surface area contributed by atoms with Crippen LogP contribution in [0.25, 0.3) is 0 Å². The molecule has 2 aliphatic rings. The van der Waals surface area contributed by atoms with Crippen molar-refractivity contribution in [1.29, 1.82) is 0 Å². The highest BCUT2D eigenvalue weighted by Gasteiger charge is 2.23. The number of hydrogen-bond acceptors (Lipinski definition) is 2. The second kappa shape index (κ2) is 6.46. The molecule has 1 heterocycles. The summed E-state index contributed by atoms with van der Waals surface area (Å²) in [6.07, 6.45) is 5.02. The predicted octanol–water partition coefficient (Wildman–Crippen LogP) is 3.13. The molecular formula is C17H25ClN2. The molecule has 1 aliphatic carbocycles. The lowest BCUT2D eigenvalue weighted by molar-refractivity contribution is 0.188. The Labute approximate surface area is 127 Å². The molecule has 0 bridgehead atoms. The summed E-state index contributed by atoms with van der Waals surface area (Å²) in [5.74, 6) is 0.866. The Kier molecular flexibility index (Phi) is 4.65. The maximum absolute atomic E-state index is 6.07. The minimum atomic E-state index is 0.618. The van der Waals surface area contributed by atoms with Crippen molar-refractivity contribution in [2.24, 2.45) is 5.92 Å². The van der Waals surface area contributed by atoms with Crippen LogP contribution in [0.4, 0.5) is 0 Å². The van der Waals surface area contributed by atoms with Crippen LogP contribution >= 0.6 is 11.6 Å². The van der Waals surface area contributed by atoms with Gasteiger partial charge >= 0.3 is 0 Å². The molecule has 0 radical (unpaired) electrons. The molecule has 1 fully saturated rings. The van der Waals surface area contributed by atoms with Gasteiger partial charge in [-0.25, -0.2) is 0 Å². The van der Waals surface area contributed by atoms with Gasteiger partial charge in [0.1, 0.15) is 0 Å². The molecule has 0 saturated carbocycles. The van der Waals surface area contributed by atoms with Gasteiger partial charge in [-0.15, -0.1) is 0 Å². The molecule has 0 aromatic heterocycles. The van der Waals surface area contributed by atoms with Gasteiger partial charge in [0.15, 0.2) is 0 Å². The first-order chi connectivity index (χ1) is 9.74. The highest BCUT2D eigenvalue weighted by Crippen LogP contribution is 2.26. The van der Waals surface area contributed by atoms with E-state index in [2.05, 4.69) is 29.3 Å². The van der Waals surface area contributed by atoms with Crippen LogP contribution in [0.15, 0.2) is 18.2 Å². The molecule has 1 N–H and O–H groups in total. The van der Waals surface area contributed by atoms with Crippen molar-refractivity contribution < 1.29 is 0 Å². The highest BCUT2D eigenvalue weighted by molar-refractivity contribution is 6.30. The summed E-state index contributed by atoms with van der Waals surface area (Å²) >= 11 is 6.07. The summed E-state index contributed by atoms with van der Waals surface area (Å²) in [5.41, 5.74) is 2.92. The Bertz CT molecular complexity index is 452. The summed E-state index contributed by atoms with van der Waals surface area (Å²) in [6.45, 7) is 7.22. The van der Waals surface area contributed by atoms with E-state index in [0.717, 1.165) is 17.4 Å². The third-order valence-electron chi connectivity index (χ3n) is 4.95. The monoisotopic (exact) mass is 292 g/mol. The third kappa shape index (κ3) is 3.36. The summed E-state index contributed by atoms with van der Waals surface area (Å²) in [4.78, 5) is 2.56. The van der Waals surface area contributed by atoms with Gasteiger partial charge in [0.25, 0.3) is 0 Å². The maximum atomic E-state index is 6.07. The number of hydrogen-bond donors (Lipinski definition) is 1. The van der Waals surface area contributed by atoms with Crippen LogP contribution in [0.2, 0.25) is 5.02 Å². The van der Waals surface area contributed by atoms with Crippen LogP contribution in [0.5, 0.6) is 0 Å². The van der Waals surface area contributed by atoms with E-state index in [9.17, 15) is 0 Å². The van der Waals surface area contributed by atoms with Crippen molar-refractivity contribution in [1.82, 2.24) is 10.2 Å². The first-order valence-corrected chi connectivity index (χ1v) is 8.35. The smallest absolute Gasteiger partial charge is 0.0408 e. The zero-order chi connectivity index (χ0) is 13.9. The number of rotatable bonds is 4. The van der Waals surface area contributed by atoms with Crippen molar-refractivity contribution in [3.8, 4) is 0 Å². The van der Waals surface area contributed by atoms with E-state index in [1.54, 1.807) is 0 Å². The molecule has 2 nitrogen and oxygen atoms in total. The zero-order valence-corrected chi connectivity index (χ0v) is 13.1. The predicted molar refractivity (Wildman–Crippen MR) is 85.5 cm³/mol. The van der Waals surface area contributed by atoms with Crippen LogP contribution in [0.1, 0.15) is 30.9 Å². The SMILES string of the molecule is CCN1CCC(CNC2Cc3ccc(Cl)cc3C2)CC1. The average Bonchev–Trinajstić information content (AvgIpc) is 2.87.